The predicted molar refractivity (Wildman–Crippen MR) is 91.4 cm³/mol. The molecule has 0 saturated carbocycles. The minimum absolute atomic E-state index is 0.315. The first-order valence-corrected chi connectivity index (χ1v) is 9.10. The van der Waals surface area contributed by atoms with E-state index in [0.29, 0.717) is 6.79 Å². The molecule has 128 valence electrons. The van der Waals surface area contributed by atoms with E-state index in [-0.39, 0.29) is 0 Å². The van der Waals surface area contributed by atoms with Crippen LogP contribution in [0.4, 0.5) is 0 Å². The van der Waals surface area contributed by atoms with Gasteiger partial charge in [-0.15, -0.1) is 0 Å². The summed E-state index contributed by atoms with van der Waals surface area (Å²) in [4.78, 5) is 2.63. The van der Waals surface area contributed by atoms with Crippen molar-refractivity contribution in [3.05, 3.63) is 18.2 Å². The van der Waals surface area contributed by atoms with E-state index in [1.165, 1.54) is 51.7 Å². The highest BCUT2D eigenvalue weighted by atomic mass is 16.7. The lowest BCUT2D eigenvalue weighted by Gasteiger charge is -2.31. The van der Waals surface area contributed by atoms with Crippen molar-refractivity contribution in [2.75, 3.05) is 33.0 Å². The molecule has 0 aliphatic carbocycles. The first-order chi connectivity index (χ1) is 11.3. The van der Waals surface area contributed by atoms with E-state index < -0.39 is 0 Å². The Morgan fingerprint density at radius 1 is 1.13 bits per heavy atom. The number of benzene rings is 1. The number of hydrogen-bond donors (Lipinski definition) is 0. The highest BCUT2D eigenvalue weighted by Gasteiger charge is 2.19. The molecule has 2 aliphatic rings. The minimum atomic E-state index is 0.315. The molecule has 4 nitrogen and oxygen atoms in total. The van der Waals surface area contributed by atoms with Crippen LogP contribution in [-0.2, 0) is 0 Å². The third-order valence-corrected chi connectivity index (χ3v) is 4.92. The maximum absolute atomic E-state index is 5.89. The van der Waals surface area contributed by atoms with Crippen molar-refractivity contribution in [3.63, 3.8) is 0 Å². The molecule has 0 aromatic heterocycles. The smallest absolute Gasteiger partial charge is 0.231 e. The van der Waals surface area contributed by atoms with Gasteiger partial charge in [0.25, 0.3) is 0 Å². The van der Waals surface area contributed by atoms with Crippen LogP contribution in [-0.4, -0.2) is 37.9 Å². The Balaban J connectivity index is 1.32. The molecule has 1 fully saturated rings. The van der Waals surface area contributed by atoms with Gasteiger partial charge in [-0.3, -0.25) is 0 Å². The van der Waals surface area contributed by atoms with Crippen molar-refractivity contribution < 1.29 is 14.2 Å². The van der Waals surface area contributed by atoms with Crippen molar-refractivity contribution in [1.29, 1.82) is 0 Å². The Bertz CT molecular complexity index is 484. The molecule has 0 amide bonds. The van der Waals surface area contributed by atoms with E-state index in [0.717, 1.165) is 36.2 Å². The molecule has 2 aliphatic heterocycles. The summed E-state index contributed by atoms with van der Waals surface area (Å²) >= 11 is 0. The summed E-state index contributed by atoms with van der Waals surface area (Å²) in [5.74, 6) is 3.30. The number of piperidine rings is 1. The fraction of sp³-hybridized carbons (Fsp3) is 0.684. The van der Waals surface area contributed by atoms with Gasteiger partial charge in [0.15, 0.2) is 11.5 Å². The van der Waals surface area contributed by atoms with Crippen LogP contribution in [0.15, 0.2) is 18.2 Å². The van der Waals surface area contributed by atoms with E-state index in [9.17, 15) is 0 Å². The third-order valence-electron chi connectivity index (χ3n) is 4.92. The van der Waals surface area contributed by atoms with Gasteiger partial charge < -0.3 is 19.1 Å². The van der Waals surface area contributed by atoms with Gasteiger partial charge in [0.05, 0.1) is 6.61 Å². The molecule has 23 heavy (non-hydrogen) atoms. The monoisotopic (exact) mass is 319 g/mol. The maximum Gasteiger partial charge on any atom is 0.231 e. The van der Waals surface area contributed by atoms with Gasteiger partial charge in [0.2, 0.25) is 6.79 Å². The number of ether oxygens (including phenoxy) is 3. The zero-order valence-corrected chi connectivity index (χ0v) is 14.3. The number of fused-ring (bicyclic) bond motifs is 1. The standard InChI is InChI=1S/C19H29NO3/c1-2-3-4-10-20-11-7-16(8-12-20)9-13-21-17-5-6-18-19(14-17)23-15-22-18/h5-6,14,16H,2-4,7-13,15H2,1H3. The van der Waals surface area contributed by atoms with Crippen LogP contribution in [0.3, 0.4) is 0 Å². The maximum atomic E-state index is 5.89. The lowest BCUT2D eigenvalue weighted by atomic mass is 9.94. The van der Waals surface area contributed by atoms with E-state index in [1.807, 2.05) is 18.2 Å². The Hall–Kier alpha value is -1.42. The van der Waals surface area contributed by atoms with E-state index in [4.69, 9.17) is 14.2 Å². The second kappa shape index (κ2) is 8.44. The molecule has 4 heteroatoms. The first-order valence-electron chi connectivity index (χ1n) is 9.10. The SMILES string of the molecule is CCCCCN1CCC(CCOc2ccc3c(c2)OCO3)CC1. The first kappa shape index (κ1) is 16.4. The van der Waals surface area contributed by atoms with Crippen LogP contribution in [0.1, 0.15) is 45.4 Å². The summed E-state index contributed by atoms with van der Waals surface area (Å²) in [5, 5.41) is 0. The van der Waals surface area contributed by atoms with Gasteiger partial charge >= 0.3 is 0 Å². The molecule has 1 aromatic rings. The van der Waals surface area contributed by atoms with Crippen LogP contribution in [0.5, 0.6) is 17.2 Å². The number of likely N-dealkylation sites (tertiary alicyclic amines) is 1. The van der Waals surface area contributed by atoms with Crippen molar-refractivity contribution in [3.8, 4) is 17.2 Å². The summed E-state index contributed by atoms with van der Waals surface area (Å²) in [7, 11) is 0. The minimum Gasteiger partial charge on any atom is -0.493 e. The molecular weight excluding hydrogens is 290 g/mol. The highest BCUT2D eigenvalue weighted by Crippen LogP contribution is 2.35. The Morgan fingerprint density at radius 2 is 1.96 bits per heavy atom. The summed E-state index contributed by atoms with van der Waals surface area (Å²) in [6.07, 6.45) is 7.82. The average Bonchev–Trinajstić information content (AvgIpc) is 3.04. The van der Waals surface area contributed by atoms with E-state index in [2.05, 4.69) is 11.8 Å². The van der Waals surface area contributed by atoms with Crippen molar-refractivity contribution in [2.24, 2.45) is 5.92 Å². The molecule has 0 atom stereocenters. The molecule has 0 bridgehead atoms. The molecule has 0 radical (unpaired) electrons. The van der Waals surface area contributed by atoms with Crippen molar-refractivity contribution in [2.45, 2.75) is 45.4 Å². The Morgan fingerprint density at radius 3 is 2.78 bits per heavy atom. The molecule has 0 spiro atoms. The predicted octanol–water partition coefficient (Wildman–Crippen LogP) is 4.09. The molecule has 0 unspecified atom stereocenters. The third kappa shape index (κ3) is 4.77. The highest BCUT2D eigenvalue weighted by molar-refractivity contribution is 5.46. The van der Waals surface area contributed by atoms with Crippen LogP contribution < -0.4 is 14.2 Å². The zero-order chi connectivity index (χ0) is 15.9. The molecule has 1 aromatic carbocycles. The fourth-order valence-corrected chi connectivity index (χ4v) is 3.39. The topological polar surface area (TPSA) is 30.9 Å². The zero-order valence-electron chi connectivity index (χ0n) is 14.3. The molecule has 2 heterocycles. The fourth-order valence-electron chi connectivity index (χ4n) is 3.39. The summed E-state index contributed by atoms with van der Waals surface area (Å²) in [6.45, 7) is 7.19. The normalized spacial score (nSPS) is 18.3. The Kier molecular flexibility index (Phi) is 6.03. The number of unbranched alkanes of at least 4 members (excludes halogenated alkanes) is 2. The second-order valence-electron chi connectivity index (χ2n) is 6.64. The van der Waals surface area contributed by atoms with Crippen molar-refractivity contribution >= 4 is 0 Å². The van der Waals surface area contributed by atoms with Crippen LogP contribution in [0, 0.1) is 5.92 Å². The van der Waals surface area contributed by atoms with Gasteiger partial charge in [-0.2, -0.15) is 0 Å². The van der Waals surface area contributed by atoms with Gasteiger partial charge in [0, 0.05) is 6.07 Å². The lowest BCUT2D eigenvalue weighted by molar-refractivity contribution is 0.161. The molecule has 0 N–H and O–H groups in total. The van der Waals surface area contributed by atoms with Gasteiger partial charge in [-0.05, 0) is 63.4 Å². The second-order valence-corrected chi connectivity index (χ2v) is 6.64. The van der Waals surface area contributed by atoms with Gasteiger partial charge in [-0.25, -0.2) is 0 Å². The van der Waals surface area contributed by atoms with Crippen LogP contribution in [0.2, 0.25) is 0 Å². The Labute approximate surface area is 139 Å². The number of rotatable bonds is 8. The molecular formula is C19H29NO3. The summed E-state index contributed by atoms with van der Waals surface area (Å²) in [5.41, 5.74) is 0. The average molecular weight is 319 g/mol. The molecule has 1 saturated heterocycles. The quantitative estimate of drug-likeness (QED) is 0.675. The van der Waals surface area contributed by atoms with E-state index in [1.54, 1.807) is 0 Å². The van der Waals surface area contributed by atoms with Crippen molar-refractivity contribution in [1.82, 2.24) is 4.90 Å². The summed E-state index contributed by atoms with van der Waals surface area (Å²) in [6, 6.07) is 5.81. The number of nitrogens with zero attached hydrogens (tertiary/aromatic N) is 1. The number of hydrogen-bond acceptors (Lipinski definition) is 4. The van der Waals surface area contributed by atoms with Crippen LogP contribution in [0.25, 0.3) is 0 Å². The molecule has 3 rings (SSSR count). The largest absolute Gasteiger partial charge is 0.493 e. The van der Waals surface area contributed by atoms with E-state index >= 15 is 0 Å². The van der Waals surface area contributed by atoms with Gasteiger partial charge in [-0.1, -0.05) is 19.8 Å². The summed E-state index contributed by atoms with van der Waals surface area (Å²) < 4.78 is 16.6. The van der Waals surface area contributed by atoms with Crippen LogP contribution >= 0.6 is 0 Å². The van der Waals surface area contributed by atoms with Gasteiger partial charge in [0.1, 0.15) is 5.75 Å². The lowest BCUT2D eigenvalue weighted by Crippen LogP contribution is -2.34.